The van der Waals surface area contributed by atoms with E-state index in [9.17, 15) is 9.36 Å². The first-order valence-electron chi connectivity index (χ1n) is 4.47. The standard InChI is InChI=1S/C9H8NO6P/c11-9(12)7-8(16-17(13,14)15)5-3-1-2-4-6(5)10-7/h1-4,10H,(H,11,12)(H2,13,14,15). The molecule has 8 heteroatoms. The third-order valence-corrected chi connectivity index (χ3v) is 2.50. The second kappa shape index (κ2) is 3.89. The van der Waals surface area contributed by atoms with Gasteiger partial charge in [-0.05, 0) is 12.1 Å². The number of aromatic nitrogens is 1. The van der Waals surface area contributed by atoms with Crippen molar-refractivity contribution in [2.75, 3.05) is 0 Å². The molecule has 0 aliphatic heterocycles. The van der Waals surface area contributed by atoms with Crippen LogP contribution in [-0.2, 0) is 4.57 Å². The van der Waals surface area contributed by atoms with Crippen LogP contribution in [0.1, 0.15) is 10.5 Å². The molecule has 1 heterocycles. The Balaban J connectivity index is 2.68. The molecule has 0 atom stereocenters. The predicted molar refractivity (Wildman–Crippen MR) is 57.9 cm³/mol. The zero-order chi connectivity index (χ0) is 12.6. The van der Waals surface area contributed by atoms with E-state index in [4.69, 9.17) is 14.9 Å². The summed E-state index contributed by atoms with van der Waals surface area (Å²) in [5.74, 6) is -1.72. The minimum atomic E-state index is -4.81. The smallest absolute Gasteiger partial charge is 0.476 e. The highest BCUT2D eigenvalue weighted by Gasteiger charge is 2.25. The molecule has 0 fully saturated rings. The summed E-state index contributed by atoms with van der Waals surface area (Å²) in [6.45, 7) is 0. The van der Waals surface area contributed by atoms with Crippen molar-refractivity contribution in [2.24, 2.45) is 0 Å². The van der Waals surface area contributed by atoms with Gasteiger partial charge in [-0.15, -0.1) is 0 Å². The maximum Gasteiger partial charge on any atom is 0.524 e. The Kier molecular flexibility index (Phi) is 2.66. The number of fused-ring (bicyclic) bond motifs is 1. The van der Waals surface area contributed by atoms with Crippen LogP contribution in [0.2, 0.25) is 0 Å². The fourth-order valence-corrected chi connectivity index (χ4v) is 1.91. The summed E-state index contributed by atoms with van der Waals surface area (Å²) in [6.07, 6.45) is 0. The Morgan fingerprint density at radius 3 is 2.53 bits per heavy atom. The second-order valence-corrected chi connectivity index (χ2v) is 4.43. The number of phosphoric acid groups is 1. The molecule has 0 bridgehead atoms. The van der Waals surface area contributed by atoms with Crippen molar-refractivity contribution in [3.05, 3.63) is 30.0 Å². The van der Waals surface area contributed by atoms with Crippen LogP contribution in [0.25, 0.3) is 10.9 Å². The summed E-state index contributed by atoms with van der Waals surface area (Å²) in [6, 6.07) is 6.34. The van der Waals surface area contributed by atoms with Gasteiger partial charge in [0.05, 0.1) is 0 Å². The summed E-state index contributed by atoms with van der Waals surface area (Å²) >= 11 is 0. The number of carboxylic acid groups (broad SMARTS) is 1. The van der Waals surface area contributed by atoms with E-state index in [0.29, 0.717) is 10.9 Å². The van der Waals surface area contributed by atoms with Gasteiger partial charge in [-0.2, -0.15) is 0 Å². The van der Waals surface area contributed by atoms with E-state index in [1.54, 1.807) is 18.2 Å². The number of para-hydroxylation sites is 1. The highest BCUT2D eigenvalue weighted by molar-refractivity contribution is 7.46. The van der Waals surface area contributed by atoms with Gasteiger partial charge in [0.2, 0.25) is 0 Å². The van der Waals surface area contributed by atoms with E-state index < -0.39 is 19.5 Å². The topological polar surface area (TPSA) is 120 Å². The Labute approximate surface area is 94.9 Å². The minimum Gasteiger partial charge on any atom is -0.476 e. The van der Waals surface area contributed by atoms with E-state index in [-0.39, 0.29) is 5.75 Å². The van der Waals surface area contributed by atoms with Gasteiger partial charge in [0.1, 0.15) is 0 Å². The van der Waals surface area contributed by atoms with E-state index in [2.05, 4.69) is 9.51 Å². The van der Waals surface area contributed by atoms with Crippen molar-refractivity contribution in [2.45, 2.75) is 0 Å². The molecule has 4 N–H and O–H groups in total. The maximum atomic E-state index is 10.9. The zero-order valence-electron chi connectivity index (χ0n) is 8.32. The lowest BCUT2D eigenvalue weighted by atomic mass is 10.2. The number of phosphoric ester groups is 1. The molecule has 7 nitrogen and oxygen atoms in total. The lowest BCUT2D eigenvalue weighted by molar-refractivity contribution is 0.0689. The Morgan fingerprint density at radius 2 is 1.94 bits per heavy atom. The van der Waals surface area contributed by atoms with Crippen LogP contribution in [0.3, 0.4) is 0 Å². The van der Waals surface area contributed by atoms with Gasteiger partial charge in [-0.1, -0.05) is 12.1 Å². The number of H-pyrrole nitrogens is 1. The molecule has 90 valence electrons. The average molecular weight is 257 g/mol. The second-order valence-electron chi connectivity index (χ2n) is 3.26. The molecular formula is C9H8NO6P. The van der Waals surface area contributed by atoms with Gasteiger partial charge in [0.15, 0.2) is 11.4 Å². The van der Waals surface area contributed by atoms with Gasteiger partial charge < -0.3 is 14.6 Å². The number of nitrogens with one attached hydrogen (secondary N) is 1. The lowest BCUT2D eigenvalue weighted by Crippen LogP contribution is -2.00. The number of aromatic carboxylic acids is 1. The van der Waals surface area contributed by atoms with Gasteiger partial charge in [0, 0.05) is 10.9 Å². The summed E-state index contributed by atoms with van der Waals surface area (Å²) in [4.78, 5) is 30.9. The molecule has 2 aromatic rings. The molecule has 0 aliphatic carbocycles. The van der Waals surface area contributed by atoms with Crippen LogP contribution >= 0.6 is 7.82 Å². The molecule has 0 amide bonds. The third-order valence-electron chi connectivity index (χ3n) is 2.08. The molecule has 0 saturated heterocycles. The maximum absolute atomic E-state index is 10.9. The molecular weight excluding hydrogens is 249 g/mol. The Morgan fingerprint density at radius 1 is 1.29 bits per heavy atom. The van der Waals surface area contributed by atoms with Crippen LogP contribution in [-0.4, -0.2) is 25.8 Å². The van der Waals surface area contributed by atoms with Crippen molar-refractivity contribution in [3.63, 3.8) is 0 Å². The molecule has 17 heavy (non-hydrogen) atoms. The van der Waals surface area contributed by atoms with Crippen molar-refractivity contribution in [1.82, 2.24) is 4.98 Å². The first-order chi connectivity index (χ1) is 7.88. The quantitative estimate of drug-likeness (QED) is 0.616. The zero-order valence-corrected chi connectivity index (χ0v) is 9.22. The molecule has 1 aromatic heterocycles. The van der Waals surface area contributed by atoms with E-state index in [0.717, 1.165) is 0 Å². The van der Waals surface area contributed by atoms with Gasteiger partial charge in [0.25, 0.3) is 0 Å². The Bertz CT molecular complexity index is 627. The van der Waals surface area contributed by atoms with E-state index >= 15 is 0 Å². The predicted octanol–water partition coefficient (Wildman–Crippen LogP) is 1.34. The molecule has 2 rings (SSSR count). The van der Waals surface area contributed by atoms with Crippen LogP contribution in [0, 0.1) is 0 Å². The number of hydrogen-bond donors (Lipinski definition) is 4. The summed E-state index contributed by atoms with van der Waals surface area (Å²) in [7, 11) is -4.81. The average Bonchev–Trinajstić information content (AvgIpc) is 2.55. The summed E-state index contributed by atoms with van der Waals surface area (Å²) < 4.78 is 15.2. The van der Waals surface area contributed by atoms with Crippen molar-refractivity contribution in [1.29, 1.82) is 0 Å². The lowest BCUT2D eigenvalue weighted by Gasteiger charge is -2.06. The van der Waals surface area contributed by atoms with Crippen molar-refractivity contribution in [3.8, 4) is 5.75 Å². The molecule has 1 aromatic carbocycles. The van der Waals surface area contributed by atoms with Crippen molar-refractivity contribution >= 4 is 24.7 Å². The highest BCUT2D eigenvalue weighted by atomic mass is 31.2. The number of rotatable bonds is 3. The summed E-state index contributed by atoms with van der Waals surface area (Å²) in [5, 5.41) is 9.20. The number of carbonyl (C=O) groups is 1. The van der Waals surface area contributed by atoms with Gasteiger partial charge in [-0.25, -0.2) is 9.36 Å². The number of carboxylic acids is 1. The van der Waals surface area contributed by atoms with Gasteiger partial charge in [-0.3, -0.25) is 9.79 Å². The van der Waals surface area contributed by atoms with Crippen LogP contribution in [0.5, 0.6) is 5.75 Å². The molecule has 0 radical (unpaired) electrons. The SMILES string of the molecule is O=C(O)c1[nH]c2ccccc2c1OP(=O)(O)O. The van der Waals surface area contributed by atoms with Crippen LogP contribution < -0.4 is 4.52 Å². The van der Waals surface area contributed by atoms with E-state index in [1.165, 1.54) is 6.07 Å². The number of benzene rings is 1. The minimum absolute atomic E-state index is 0.299. The van der Waals surface area contributed by atoms with Crippen LogP contribution in [0.15, 0.2) is 24.3 Å². The first kappa shape index (κ1) is 11.7. The van der Waals surface area contributed by atoms with Crippen molar-refractivity contribution < 1.29 is 28.8 Å². The fraction of sp³-hybridized carbons (Fsp3) is 0. The summed E-state index contributed by atoms with van der Waals surface area (Å²) in [5.41, 5.74) is 0.0304. The molecule has 0 aliphatic rings. The largest absolute Gasteiger partial charge is 0.524 e. The van der Waals surface area contributed by atoms with E-state index in [1.807, 2.05) is 0 Å². The Hall–Kier alpha value is -1.82. The molecule has 0 saturated carbocycles. The third kappa shape index (κ3) is 2.31. The number of aromatic amines is 1. The normalized spacial score (nSPS) is 11.6. The van der Waals surface area contributed by atoms with Gasteiger partial charge >= 0.3 is 13.8 Å². The van der Waals surface area contributed by atoms with Crippen LogP contribution in [0.4, 0.5) is 0 Å². The first-order valence-corrected chi connectivity index (χ1v) is 6.00. The molecule has 0 unspecified atom stereocenters. The number of hydrogen-bond acceptors (Lipinski definition) is 3. The monoisotopic (exact) mass is 257 g/mol. The fourth-order valence-electron chi connectivity index (χ4n) is 1.48. The highest BCUT2D eigenvalue weighted by Crippen LogP contribution is 2.42. The molecule has 0 spiro atoms.